The minimum Gasteiger partial charge on any atom is -0.490 e. The Balaban J connectivity index is 2.10. The molecule has 2 heterocycles. The van der Waals surface area contributed by atoms with E-state index >= 15 is 0 Å². The predicted octanol–water partition coefficient (Wildman–Crippen LogP) is 2.56. The van der Waals surface area contributed by atoms with Gasteiger partial charge in [-0.15, -0.1) is 0 Å². The number of nitrogens with two attached hydrogens (primary N) is 1. The minimum atomic E-state index is -5.11. The number of hydrogen-bond donors (Lipinski definition) is 1. The molecule has 1 unspecified atom stereocenters. The molecule has 134 valence electrons. The van der Waals surface area contributed by atoms with E-state index in [2.05, 4.69) is 0 Å². The lowest BCUT2D eigenvalue weighted by atomic mass is 10.00. The second kappa shape index (κ2) is 5.85. The number of ether oxygens (including phenoxy) is 2. The van der Waals surface area contributed by atoms with Gasteiger partial charge in [-0.1, -0.05) is 0 Å². The van der Waals surface area contributed by atoms with Crippen molar-refractivity contribution in [3.63, 3.8) is 0 Å². The highest BCUT2D eigenvalue weighted by atomic mass is 32.2. The SMILES string of the molecule is NC1c2c(ccc(OC3CCOCC3)c2C(F)F)S(=O)(=O)C1(F)F. The van der Waals surface area contributed by atoms with Gasteiger partial charge in [0.15, 0.2) is 0 Å². The number of sulfone groups is 1. The molecule has 0 saturated carbocycles. The molecular formula is C14H15F4NO4S. The predicted molar refractivity (Wildman–Crippen MR) is 74.9 cm³/mol. The van der Waals surface area contributed by atoms with Crippen LogP contribution in [0.5, 0.6) is 5.75 Å². The molecule has 0 aliphatic carbocycles. The monoisotopic (exact) mass is 369 g/mol. The van der Waals surface area contributed by atoms with E-state index in [1.54, 1.807) is 0 Å². The number of fused-ring (bicyclic) bond motifs is 1. The van der Waals surface area contributed by atoms with Gasteiger partial charge in [-0.3, -0.25) is 0 Å². The van der Waals surface area contributed by atoms with Crippen LogP contribution in [0.1, 0.15) is 36.4 Å². The molecule has 1 fully saturated rings. The molecule has 24 heavy (non-hydrogen) atoms. The Bertz CT molecular complexity index is 747. The molecular weight excluding hydrogens is 354 g/mol. The molecule has 0 aromatic heterocycles. The van der Waals surface area contributed by atoms with E-state index in [1.807, 2.05) is 0 Å². The second-order valence-corrected chi connectivity index (χ2v) is 7.65. The lowest BCUT2D eigenvalue weighted by molar-refractivity contribution is 0.0232. The lowest BCUT2D eigenvalue weighted by Gasteiger charge is -2.25. The summed E-state index contributed by atoms with van der Waals surface area (Å²) in [7, 11) is -5.11. The molecule has 3 rings (SSSR count). The molecule has 5 nitrogen and oxygen atoms in total. The standard InChI is InChI=1S/C14H15F4NO4S/c15-13(16)10-8(23-7-3-5-22-6-4-7)1-2-9-11(10)12(19)14(17,18)24(9,20)21/h1-2,7,12-13H,3-6,19H2. The summed E-state index contributed by atoms with van der Waals surface area (Å²) in [6, 6.07) is -0.521. The van der Waals surface area contributed by atoms with Crippen LogP contribution in [0.3, 0.4) is 0 Å². The Morgan fingerprint density at radius 3 is 2.46 bits per heavy atom. The van der Waals surface area contributed by atoms with Crippen LogP contribution in [-0.2, 0) is 14.6 Å². The third kappa shape index (κ3) is 2.47. The quantitative estimate of drug-likeness (QED) is 0.829. The Morgan fingerprint density at radius 2 is 1.88 bits per heavy atom. The summed E-state index contributed by atoms with van der Waals surface area (Å²) < 4.78 is 89.2. The van der Waals surface area contributed by atoms with Gasteiger partial charge in [-0.25, -0.2) is 17.2 Å². The maximum atomic E-state index is 13.9. The topological polar surface area (TPSA) is 78.6 Å². The molecule has 0 bridgehead atoms. The van der Waals surface area contributed by atoms with Crippen molar-refractivity contribution in [2.75, 3.05) is 13.2 Å². The number of alkyl halides is 4. The first-order valence-corrected chi connectivity index (χ1v) is 8.73. The number of halogens is 4. The summed E-state index contributed by atoms with van der Waals surface area (Å²) in [6.07, 6.45) is -2.70. The first-order chi connectivity index (χ1) is 11.2. The molecule has 2 aliphatic rings. The first kappa shape index (κ1) is 17.4. The zero-order valence-corrected chi connectivity index (χ0v) is 13.2. The van der Waals surface area contributed by atoms with E-state index in [0.29, 0.717) is 26.1 Å². The highest BCUT2D eigenvalue weighted by molar-refractivity contribution is 7.92. The van der Waals surface area contributed by atoms with Gasteiger partial charge < -0.3 is 15.2 Å². The zero-order chi connectivity index (χ0) is 17.7. The molecule has 1 saturated heterocycles. The van der Waals surface area contributed by atoms with Crippen molar-refractivity contribution in [1.82, 2.24) is 0 Å². The fourth-order valence-electron chi connectivity index (χ4n) is 2.93. The highest BCUT2D eigenvalue weighted by Gasteiger charge is 2.60. The van der Waals surface area contributed by atoms with Gasteiger partial charge in [0.1, 0.15) is 17.9 Å². The smallest absolute Gasteiger partial charge is 0.368 e. The van der Waals surface area contributed by atoms with Gasteiger partial charge in [0.25, 0.3) is 6.43 Å². The van der Waals surface area contributed by atoms with Crippen LogP contribution in [-0.4, -0.2) is 33.0 Å². The minimum absolute atomic E-state index is 0.320. The Labute approximate surface area is 135 Å². The normalized spacial score (nSPS) is 25.7. The van der Waals surface area contributed by atoms with Crippen LogP contribution in [0.15, 0.2) is 17.0 Å². The third-order valence-electron chi connectivity index (χ3n) is 4.21. The fourth-order valence-corrected chi connectivity index (χ4v) is 4.45. The maximum absolute atomic E-state index is 13.9. The average molecular weight is 369 g/mol. The van der Waals surface area contributed by atoms with Crippen LogP contribution < -0.4 is 10.5 Å². The fraction of sp³-hybridized carbons (Fsp3) is 0.571. The summed E-state index contributed by atoms with van der Waals surface area (Å²) in [4.78, 5) is -0.866. The molecule has 1 aromatic rings. The molecule has 1 atom stereocenters. The van der Waals surface area contributed by atoms with Gasteiger partial charge in [0.2, 0.25) is 9.84 Å². The lowest BCUT2D eigenvalue weighted by Crippen LogP contribution is -2.34. The summed E-state index contributed by atoms with van der Waals surface area (Å²) in [5.74, 6) is -0.320. The first-order valence-electron chi connectivity index (χ1n) is 7.25. The molecule has 0 radical (unpaired) electrons. The summed E-state index contributed by atoms with van der Waals surface area (Å²) in [5.41, 5.74) is 3.66. The van der Waals surface area contributed by atoms with Crippen LogP contribution in [0.25, 0.3) is 0 Å². The van der Waals surface area contributed by atoms with Crippen molar-refractivity contribution < 1.29 is 35.5 Å². The van der Waals surface area contributed by atoms with E-state index in [1.165, 1.54) is 0 Å². The van der Waals surface area contributed by atoms with Gasteiger partial charge in [-0.05, 0) is 12.1 Å². The summed E-state index contributed by atoms with van der Waals surface area (Å²) >= 11 is 0. The van der Waals surface area contributed by atoms with E-state index in [0.717, 1.165) is 12.1 Å². The second-order valence-electron chi connectivity index (χ2n) is 5.66. The van der Waals surface area contributed by atoms with Crippen LogP contribution in [0.4, 0.5) is 17.6 Å². The summed E-state index contributed by atoms with van der Waals surface area (Å²) in [6.45, 7) is 0.789. The molecule has 1 aromatic carbocycles. The van der Waals surface area contributed by atoms with Gasteiger partial charge in [-0.2, -0.15) is 8.78 Å². The van der Waals surface area contributed by atoms with Gasteiger partial charge >= 0.3 is 5.25 Å². The Kier molecular flexibility index (Phi) is 4.25. The molecule has 2 aliphatic heterocycles. The Hall–Kier alpha value is -1.39. The summed E-state index contributed by atoms with van der Waals surface area (Å²) in [5, 5.41) is -4.34. The van der Waals surface area contributed by atoms with E-state index in [9.17, 15) is 26.0 Å². The van der Waals surface area contributed by atoms with Crippen molar-refractivity contribution in [2.45, 2.75) is 41.6 Å². The van der Waals surface area contributed by atoms with E-state index in [-0.39, 0.29) is 5.75 Å². The highest BCUT2D eigenvalue weighted by Crippen LogP contribution is 2.52. The molecule has 0 amide bonds. The number of rotatable bonds is 3. The zero-order valence-electron chi connectivity index (χ0n) is 12.3. The Morgan fingerprint density at radius 1 is 1.25 bits per heavy atom. The van der Waals surface area contributed by atoms with Crippen molar-refractivity contribution in [2.24, 2.45) is 5.73 Å². The molecule has 0 spiro atoms. The third-order valence-corrected chi connectivity index (χ3v) is 6.11. The largest absolute Gasteiger partial charge is 0.490 e. The molecule has 10 heteroatoms. The van der Waals surface area contributed by atoms with Crippen molar-refractivity contribution >= 4 is 9.84 Å². The molecule has 2 N–H and O–H groups in total. The van der Waals surface area contributed by atoms with Gasteiger partial charge in [0, 0.05) is 18.4 Å². The van der Waals surface area contributed by atoms with Crippen LogP contribution in [0, 0.1) is 0 Å². The number of hydrogen-bond acceptors (Lipinski definition) is 5. The number of benzene rings is 1. The van der Waals surface area contributed by atoms with E-state index < -0.39 is 49.7 Å². The maximum Gasteiger partial charge on any atom is 0.368 e. The van der Waals surface area contributed by atoms with Gasteiger partial charge in [0.05, 0.1) is 23.7 Å². The van der Waals surface area contributed by atoms with Crippen molar-refractivity contribution in [3.05, 3.63) is 23.3 Å². The van der Waals surface area contributed by atoms with Crippen molar-refractivity contribution in [1.29, 1.82) is 0 Å². The van der Waals surface area contributed by atoms with Crippen molar-refractivity contribution in [3.8, 4) is 5.75 Å². The van der Waals surface area contributed by atoms with Crippen LogP contribution >= 0.6 is 0 Å². The average Bonchev–Trinajstić information content (AvgIpc) is 2.66. The van der Waals surface area contributed by atoms with Crippen LogP contribution in [0.2, 0.25) is 0 Å². The van der Waals surface area contributed by atoms with E-state index in [4.69, 9.17) is 15.2 Å².